The van der Waals surface area contributed by atoms with Crippen molar-refractivity contribution in [3.63, 3.8) is 0 Å². The van der Waals surface area contributed by atoms with Crippen LogP contribution in [0.5, 0.6) is 5.75 Å². The average molecular weight is 382 g/mol. The van der Waals surface area contributed by atoms with Crippen molar-refractivity contribution in [2.24, 2.45) is 0 Å². The van der Waals surface area contributed by atoms with Crippen molar-refractivity contribution in [1.82, 2.24) is 0 Å². The third-order valence-corrected chi connectivity index (χ3v) is 3.80. The van der Waals surface area contributed by atoms with Crippen molar-refractivity contribution in [2.75, 3.05) is 0 Å². The first-order chi connectivity index (χ1) is 13.4. The zero-order valence-electron chi connectivity index (χ0n) is 14.6. The maximum atomic E-state index is 9.95. The van der Waals surface area contributed by atoms with E-state index in [0.717, 1.165) is 11.1 Å². The smallest absolute Gasteiger partial charge is 0.328 e. The van der Waals surface area contributed by atoms with Crippen molar-refractivity contribution < 1.29 is 35.0 Å². The molecule has 2 aromatic carbocycles. The summed E-state index contributed by atoms with van der Waals surface area (Å²) >= 11 is 0. The molecule has 0 saturated carbocycles. The highest BCUT2D eigenvalue weighted by atomic mass is 16.7. The molecule has 7 nitrogen and oxygen atoms in total. The highest BCUT2D eigenvalue weighted by molar-refractivity contribution is 5.60. The van der Waals surface area contributed by atoms with Crippen LogP contribution >= 0.6 is 0 Å². The predicted molar refractivity (Wildman–Crippen MR) is 102 cm³/mol. The van der Waals surface area contributed by atoms with Gasteiger partial charge in [0, 0.05) is 0 Å². The van der Waals surface area contributed by atoms with Gasteiger partial charge in [0.15, 0.2) is 0 Å². The van der Waals surface area contributed by atoms with E-state index >= 15 is 0 Å². The summed E-state index contributed by atoms with van der Waals surface area (Å²) in [7, 11) is 0. The van der Waals surface area contributed by atoms with Gasteiger partial charge in [0.25, 0.3) is 0 Å². The second-order valence-electron chi connectivity index (χ2n) is 5.84. The van der Waals surface area contributed by atoms with Crippen molar-refractivity contribution in [1.29, 1.82) is 0 Å². The zero-order chi connectivity index (χ0) is 20.1. The molecule has 0 saturated heterocycles. The molecule has 1 atom stereocenters. The summed E-state index contributed by atoms with van der Waals surface area (Å²) < 4.78 is 10.5. The van der Waals surface area contributed by atoms with E-state index < -0.39 is 29.5 Å². The number of rotatable bonds is 5. The minimum atomic E-state index is -1.56. The lowest BCUT2D eigenvalue weighted by Gasteiger charge is -2.23. The topological polar surface area (TPSA) is 120 Å². The Morgan fingerprint density at radius 3 is 2.18 bits per heavy atom. The molecule has 7 heteroatoms. The summed E-state index contributed by atoms with van der Waals surface area (Å²) in [5.41, 5.74) is 1.56. The molecule has 0 bridgehead atoms. The summed E-state index contributed by atoms with van der Waals surface area (Å²) in [6, 6.07) is 15.6. The lowest BCUT2D eigenvalue weighted by molar-refractivity contribution is -0.123. The molecule has 1 heterocycles. The summed E-state index contributed by atoms with van der Waals surface area (Å²) in [6.07, 6.45) is 3.38. The summed E-state index contributed by atoms with van der Waals surface area (Å²) in [4.78, 5) is 0. The number of allylic oxidation sites excluding steroid dienone is 1. The van der Waals surface area contributed by atoms with E-state index in [2.05, 4.69) is 0 Å². The minimum absolute atomic E-state index is 0.136. The van der Waals surface area contributed by atoms with Crippen LogP contribution in [0.2, 0.25) is 0 Å². The van der Waals surface area contributed by atoms with E-state index in [-0.39, 0.29) is 11.5 Å². The number of phenols is 1. The molecule has 0 amide bonds. The summed E-state index contributed by atoms with van der Waals surface area (Å²) in [6.45, 7) is 0. The first kappa shape index (κ1) is 18.8. The maximum absolute atomic E-state index is 9.95. The van der Waals surface area contributed by atoms with Gasteiger partial charge in [-0.1, -0.05) is 48.5 Å². The van der Waals surface area contributed by atoms with Crippen LogP contribution < -0.4 is 0 Å². The van der Waals surface area contributed by atoms with Gasteiger partial charge in [-0.15, -0.1) is 0 Å². The highest BCUT2D eigenvalue weighted by Crippen LogP contribution is 2.27. The van der Waals surface area contributed by atoms with Gasteiger partial charge in [0.1, 0.15) is 11.5 Å². The lowest BCUT2D eigenvalue weighted by Crippen LogP contribution is -2.25. The molecule has 1 aliphatic heterocycles. The summed E-state index contributed by atoms with van der Waals surface area (Å²) in [5, 5.41) is 47.9. The molecular weight excluding hydrogens is 364 g/mol. The predicted octanol–water partition coefficient (Wildman–Crippen LogP) is 4.43. The Morgan fingerprint density at radius 2 is 1.50 bits per heavy atom. The fourth-order valence-corrected chi connectivity index (χ4v) is 2.35. The van der Waals surface area contributed by atoms with Crippen LogP contribution in [-0.4, -0.2) is 31.8 Å². The van der Waals surface area contributed by atoms with E-state index in [0.29, 0.717) is 0 Å². The van der Waals surface area contributed by atoms with Gasteiger partial charge in [-0.3, -0.25) is 0 Å². The van der Waals surface area contributed by atoms with Crippen LogP contribution in [0.4, 0.5) is 0 Å². The molecular formula is C21H18O7. The van der Waals surface area contributed by atoms with E-state index in [4.69, 9.17) is 9.47 Å². The van der Waals surface area contributed by atoms with Crippen LogP contribution in [-0.2, 0) is 9.47 Å². The van der Waals surface area contributed by atoms with E-state index in [1.807, 2.05) is 30.3 Å². The van der Waals surface area contributed by atoms with Crippen molar-refractivity contribution >= 4 is 12.2 Å². The van der Waals surface area contributed by atoms with Crippen LogP contribution in [0.25, 0.3) is 12.2 Å². The molecule has 1 unspecified atom stereocenters. The number of hydrogen-bond acceptors (Lipinski definition) is 7. The molecule has 2 aromatic rings. The Hall–Kier alpha value is -4.00. The molecule has 144 valence electrons. The standard InChI is InChI=1S/C21H18O7/c22-15-9-6-13(7-10-15)8-11-16(12-14-4-2-1-3-5-14)27-21-19(25)17(23)18(24)20(26)28-21/h1-12,21-26H. The monoisotopic (exact) mass is 382 g/mol. The minimum Gasteiger partial charge on any atom is -0.508 e. The quantitative estimate of drug-likeness (QED) is 0.383. The molecule has 0 aromatic heterocycles. The maximum Gasteiger partial charge on any atom is 0.328 e. The van der Waals surface area contributed by atoms with Crippen LogP contribution in [0.3, 0.4) is 0 Å². The molecule has 1 aliphatic rings. The molecule has 0 fully saturated rings. The molecule has 5 N–H and O–H groups in total. The Kier molecular flexibility index (Phi) is 5.45. The van der Waals surface area contributed by atoms with Crippen molar-refractivity contribution in [3.8, 4) is 5.75 Å². The molecule has 0 spiro atoms. The number of phenolic OH excluding ortho intramolecular Hbond substituents is 1. The van der Waals surface area contributed by atoms with Gasteiger partial charge in [-0.05, 0) is 35.4 Å². The second-order valence-corrected chi connectivity index (χ2v) is 5.84. The SMILES string of the molecule is OC1=C(O)C(O)=C(O)C(OC(C=Cc2ccc(O)cc2)=Cc2ccccc2)O1. The average Bonchev–Trinajstić information content (AvgIpc) is 2.70. The normalized spacial score (nSPS) is 17.7. The van der Waals surface area contributed by atoms with Gasteiger partial charge in [-0.2, -0.15) is 0 Å². The Bertz CT molecular complexity index is 954. The van der Waals surface area contributed by atoms with Gasteiger partial charge < -0.3 is 35.0 Å². The Balaban J connectivity index is 1.89. The third kappa shape index (κ3) is 4.39. The molecule has 28 heavy (non-hydrogen) atoms. The number of aliphatic hydroxyl groups excluding tert-OH is 4. The van der Waals surface area contributed by atoms with Crippen molar-refractivity contribution in [3.05, 3.63) is 101 Å². The van der Waals surface area contributed by atoms with Crippen LogP contribution in [0.15, 0.2) is 89.7 Å². The van der Waals surface area contributed by atoms with E-state index in [1.54, 1.807) is 30.4 Å². The number of aromatic hydroxyl groups is 1. The lowest BCUT2D eigenvalue weighted by atomic mass is 10.1. The van der Waals surface area contributed by atoms with Gasteiger partial charge >= 0.3 is 12.2 Å². The molecule has 0 radical (unpaired) electrons. The largest absolute Gasteiger partial charge is 0.508 e. The Morgan fingerprint density at radius 1 is 0.821 bits per heavy atom. The van der Waals surface area contributed by atoms with E-state index in [9.17, 15) is 25.5 Å². The Labute approximate surface area is 160 Å². The third-order valence-electron chi connectivity index (χ3n) is 3.80. The number of ether oxygens (including phenoxy) is 2. The van der Waals surface area contributed by atoms with Gasteiger partial charge in [0.05, 0.1) is 0 Å². The molecule has 3 rings (SSSR count). The molecule has 0 aliphatic carbocycles. The number of aliphatic hydroxyl groups is 4. The summed E-state index contributed by atoms with van der Waals surface area (Å²) in [5.74, 6) is -3.30. The fraction of sp³-hybridized carbons (Fsp3) is 0.0476. The second kappa shape index (κ2) is 8.13. The first-order valence-electron chi connectivity index (χ1n) is 8.26. The number of benzene rings is 2. The first-order valence-corrected chi connectivity index (χ1v) is 8.26. The highest BCUT2D eigenvalue weighted by Gasteiger charge is 2.33. The van der Waals surface area contributed by atoms with Gasteiger partial charge in [0.2, 0.25) is 17.3 Å². The van der Waals surface area contributed by atoms with Crippen LogP contribution in [0, 0.1) is 0 Å². The fourth-order valence-electron chi connectivity index (χ4n) is 2.35. The van der Waals surface area contributed by atoms with Crippen molar-refractivity contribution in [2.45, 2.75) is 6.29 Å². The number of hydrogen-bond donors (Lipinski definition) is 5. The van der Waals surface area contributed by atoms with Crippen LogP contribution in [0.1, 0.15) is 11.1 Å². The zero-order valence-corrected chi connectivity index (χ0v) is 14.6. The van der Waals surface area contributed by atoms with Gasteiger partial charge in [-0.25, -0.2) is 0 Å². The van der Waals surface area contributed by atoms with E-state index in [1.165, 1.54) is 12.1 Å².